The maximum Gasteiger partial charge on any atom is 0.188 e. The van der Waals surface area contributed by atoms with Gasteiger partial charge in [0.15, 0.2) is 5.82 Å². The van der Waals surface area contributed by atoms with Gasteiger partial charge in [-0.15, -0.1) is 10.2 Å². The van der Waals surface area contributed by atoms with E-state index in [0.717, 1.165) is 42.3 Å². The molecule has 6 rings (SSSR count). The van der Waals surface area contributed by atoms with Gasteiger partial charge in [-0.25, -0.2) is 9.97 Å². The standard InChI is InChI=1S/C19H20N6O/c1-2-26-13-6-7-14(22-9-13)16-23-24-17(18-10-19(20,11-18)12-18)25(16)15-5-3-4-8-21-15/h3-9H,2,10-12,20H2,1H3. The zero-order valence-corrected chi connectivity index (χ0v) is 14.6. The molecule has 132 valence electrons. The van der Waals surface area contributed by atoms with Crippen molar-refractivity contribution in [3.8, 4) is 23.1 Å². The minimum atomic E-state index is -0.00154. The number of nitrogens with two attached hydrogens (primary N) is 1. The van der Waals surface area contributed by atoms with Crippen LogP contribution in [0.4, 0.5) is 0 Å². The van der Waals surface area contributed by atoms with E-state index in [0.29, 0.717) is 12.4 Å². The minimum absolute atomic E-state index is 0.00154. The van der Waals surface area contributed by atoms with Crippen molar-refractivity contribution >= 4 is 0 Å². The highest BCUT2D eigenvalue weighted by atomic mass is 16.5. The lowest BCUT2D eigenvalue weighted by molar-refractivity contribution is -0.0664. The zero-order chi connectivity index (χ0) is 17.8. The molecule has 3 fully saturated rings. The van der Waals surface area contributed by atoms with Crippen molar-refractivity contribution < 1.29 is 4.74 Å². The topological polar surface area (TPSA) is 91.7 Å². The summed E-state index contributed by atoms with van der Waals surface area (Å²) in [4.78, 5) is 9.04. The molecule has 2 bridgehead atoms. The molecule has 7 heteroatoms. The Balaban J connectivity index is 1.61. The first-order chi connectivity index (χ1) is 12.6. The van der Waals surface area contributed by atoms with Crippen molar-refractivity contribution in [1.82, 2.24) is 24.7 Å². The fourth-order valence-corrected chi connectivity index (χ4v) is 4.36. The molecule has 3 aliphatic carbocycles. The Hall–Kier alpha value is -2.80. The Bertz CT molecular complexity index is 930. The lowest BCUT2D eigenvalue weighted by atomic mass is 9.39. The van der Waals surface area contributed by atoms with E-state index in [1.54, 1.807) is 12.4 Å². The van der Waals surface area contributed by atoms with Crippen LogP contribution in [0, 0.1) is 0 Å². The molecule has 0 amide bonds. The van der Waals surface area contributed by atoms with E-state index < -0.39 is 0 Å². The molecule has 3 aliphatic rings. The summed E-state index contributed by atoms with van der Waals surface area (Å²) in [5.74, 6) is 3.17. The van der Waals surface area contributed by atoms with E-state index >= 15 is 0 Å². The maximum absolute atomic E-state index is 6.26. The molecule has 3 aromatic heterocycles. The van der Waals surface area contributed by atoms with Crippen LogP contribution in [0.5, 0.6) is 5.75 Å². The van der Waals surface area contributed by atoms with Gasteiger partial charge in [0.1, 0.15) is 23.1 Å². The molecular weight excluding hydrogens is 328 g/mol. The van der Waals surface area contributed by atoms with Crippen molar-refractivity contribution in [2.24, 2.45) is 5.73 Å². The lowest BCUT2D eigenvalue weighted by Gasteiger charge is -2.68. The van der Waals surface area contributed by atoms with Gasteiger partial charge in [0, 0.05) is 17.2 Å². The van der Waals surface area contributed by atoms with Gasteiger partial charge in [-0.2, -0.15) is 0 Å². The number of pyridine rings is 2. The number of aromatic nitrogens is 5. The van der Waals surface area contributed by atoms with E-state index in [9.17, 15) is 0 Å². The molecule has 2 N–H and O–H groups in total. The number of ether oxygens (including phenoxy) is 1. The maximum atomic E-state index is 6.26. The van der Waals surface area contributed by atoms with E-state index in [1.165, 1.54) is 0 Å². The van der Waals surface area contributed by atoms with Gasteiger partial charge in [0.05, 0.1) is 12.8 Å². The van der Waals surface area contributed by atoms with Gasteiger partial charge >= 0.3 is 0 Å². The van der Waals surface area contributed by atoms with E-state index in [-0.39, 0.29) is 11.0 Å². The van der Waals surface area contributed by atoms with Crippen LogP contribution in [-0.2, 0) is 5.41 Å². The van der Waals surface area contributed by atoms with Crippen LogP contribution in [0.15, 0.2) is 42.7 Å². The fraction of sp³-hybridized carbons (Fsp3) is 0.368. The minimum Gasteiger partial charge on any atom is -0.492 e. The second-order valence-corrected chi connectivity index (χ2v) is 7.36. The normalized spacial score (nSPS) is 26.1. The average molecular weight is 348 g/mol. The van der Waals surface area contributed by atoms with Crippen LogP contribution >= 0.6 is 0 Å². The summed E-state index contributed by atoms with van der Waals surface area (Å²) in [5.41, 5.74) is 7.03. The first-order valence-electron chi connectivity index (χ1n) is 8.88. The van der Waals surface area contributed by atoms with E-state index in [4.69, 9.17) is 10.5 Å². The summed E-state index contributed by atoms with van der Waals surface area (Å²) in [5, 5.41) is 9.00. The lowest BCUT2D eigenvalue weighted by Crippen LogP contribution is -2.75. The van der Waals surface area contributed by atoms with Crippen molar-refractivity contribution in [3.63, 3.8) is 0 Å². The summed E-state index contributed by atoms with van der Waals surface area (Å²) in [6, 6.07) is 9.64. The van der Waals surface area contributed by atoms with Gasteiger partial charge in [0.25, 0.3) is 0 Å². The molecule has 0 unspecified atom stereocenters. The third-order valence-electron chi connectivity index (χ3n) is 5.36. The molecule has 7 nitrogen and oxygen atoms in total. The number of hydrogen-bond donors (Lipinski definition) is 1. The Morgan fingerprint density at radius 2 is 1.96 bits per heavy atom. The Labute approximate surface area is 151 Å². The van der Waals surface area contributed by atoms with Gasteiger partial charge in [0.2, 0.25) is 0 Å². The summed E-state index contributed by atoms with van der Waals surface area (Å²) in [6.45, 7) is 2.56. The molecule has 3 heterocycles. The second kappa shape index (κ2) is 5.35. The number of hydrogen-bond acceptors (Lipinski definition) is 6. The highest BCUT2D eigenvalue weighted by Gasteiger charge is 2.68. The van der Waals surface area contributed by atoms with Gasteiger partial charge in [-0.05, 0) is 50.5 Å². The monoisotopic (exact) mass is 348 g/mol. The average Bonchev–Trinajstić information content (AvgIpc) is 3.05. The quantitative estimate of drug-likeness (QED) is 0.760. The van der Waals surface area contributed by atoms with Crippen LogP contribution in [-0.4, -0.2) is 36.9 Å². The predicted octanol–water partition coefficient (Wildman–Crippen LogP) is 2.26. The first-order valence-corrected chi connectivity index (χ1v) is 8.88. The molecule has 0 aromatic carbocycles. The molecular formula is C19H20N6O. The Morgan fingerprint density at radius 1 is 1.12 bits per heavy atom. The van der Waals surface area contributed by atoms with E-state index in [2.05, 4.69) is 20.2 Å². The molecule has 0 spiro atoms. The Morgan fingerprint density at radius 3 is 2.58 bits per heavy atom. The van der Waals surface area contributed by atoms with Crippen LogP contribution in [0.2, 0.25) is 0 Å². The van der Waals surface area contributed by atoms with Crippen molar-refractivity contribution in [1.29, 1.82) is 0 Å². The van der Waals surface area contributed by atoms with Crippen molar-refractivity contribution in [2.45, 2.75) is 37.1 Å². The van der Waals surface area contributed by atoms with Gasteiger partial charge in [-0.3, -0.25) is 4.57 Å². The predicted molar refractivity (Wildman–Crippen MR) is 96.0 cm³/mol. The summed E-state index contributed by atoms with van der Waals surface area (Å²) >= 11 is 0. The second-order valence-electron chi connectivity index (χ2n) is 7.36. The van der Waals surface area contributed by atoms with Crippen LogP contribution in [0.1, 0.15) is 32.0 Å². The van der Waals surface area contributed by atoms with Gasteiger partial charge < -0.3 is 10.5 Å². The first kappa shape index (κ1) is 15.5. The van der Waals surface area contributed by atoms with Crippen molar-refractivity contribution in [3.05, 3.63) is 48.5 Å². The van der Waals surface area contributed by atoms with Crippen LogP contribution < -0.4 is 10.5 Å². The van der Waals surface area contributed by atoms with Gasteiger partial charge in [-0.1, -0.05) is 6.07 Å². The number of nitrogens with zero attached hydrogens (tertiary/aromatic N) is 5. The molecule has 0 radical (unpaired) electrons. The molecule has 0 saturated heterocycles. The Kier molecular flexibility index (Phi) is 3.18. The summed E-state index contributed by atoms with van der Waals surface area (Å²) in [7, 11) is 0. The molecule has 26 heavy (non-hydrogen) atoms. The van der Waals surface area contributed by atoms with Crippen LogP contribution in [0.3, 0.4) is 0 Å². The SMILES string of the molecule is CCOc1ccc(-c2nnc(C34CC(N)(C3)C4)n2-c2ccccn2)nc1. The molecule has 3 saturated carbocycles. The summed E-state index contributed by atoms with van der Waals surface area (Å²) < 4.78 is 7.51. The zero-order valence-electron chi connectivity index (χ0n) is 14.6. The highest BCUT2D eigenvalue weighted by Crippen LogP contribution is 2.66. The van der Waals surface area contributed by atoms with Crippen LogP contribution in [0.25, 0.3) is 17.3 Å². The third-order valence-corrected chi connectivity index (χ3v) is 5.36. The largest absolute Gasteiger partial charge is 0.492 e. The summed E-state index contributed by atoms with van der Waals surface area (Å²) in [6.07, 6.45) is 6.37. The smallest absolute Gasteiger partial charge is 0.188 e. The highest BCUT2D eigenvalue weighted by molar-refractivity contribution is 5.55. The van der Waals surface area contributed by atoms with E-state index in [1.807, 2.05) is 41.8 Å². The third kappa shape index (κ3) is 2.17. The molecule has 0 aliphatic heterocycles. The molecule has 3 aromatic rings. The van der Waals surface area contributed by atoms with Crippen molar-refractivity contribution in [2.75, 3.05) is 6.61 Å². The fourth-order valence-electron chi connectivity index (χ4n) is 4.36. The number of rotatable bonds is 5. The molecule has 0 atom stereocenters.